The number of amides is 2. The first-order valence-corrected chi connectivity index (χ1v) is 9.77. The van der Waals surface area contributed by atoms with Crippen molar-refractivity contribution in [2.75, 3.05) is 19.5 Å². The zero-order valence-electron chi connectivity index (χ0n) is 17.5. The second-order valence-corrected chi connectivity index (χ2v) is 6.97. The molecule has 1 N–H and O–H groups in total. The van der Waals surface area contributed by atoms with Crippen molar-refractivity contribution in [1.29, 1.82) is 0 Å². The first-order chi connectivity index (χ1) is 15.5. The van der Waals surface area contributed by atoms with E-state index in [1.807, 2.05) is 0 Å². The van der Waals surface area contributed by atoms with Gasteiger partial charge in [0.05, 0.1) is 32.0 Å². The molecule has 0 saturated carbocycles. The normalized spacial score (nSPS) is 13.5. The van der Waals surface area contributed by atoms with Crippen LogP contribution in [-0.2, 0) is 16.1 Å². The number of pyridine rings is 1. The Kier molecular flexibility index (Phi) is 5.85. The summed E-state index contributed by atoms with van der Waals surface area (Å²) < 4.78 is 24.1. The molecule has 162 valence electrons. The minimum absolute atomic E-state index is 0.0142. The lowest BCUT2D eigenvalue weighted by atomic mass is 10.0. The molecule has 2 aromatic carbocycles. The second-order valence-electron chi connectivity index (χ2n) is 6.97. The van der Waals surface area contributed by atoms with Crippen LogP contribution < -0.4 is 14.8 Å². The van der Waals surface area contributed by atoms with E-state index in [-0.39, 0.29) is 17.8 Å². The number of methoxy groups -OCH3 is 2. The molecular weight excluding hydrogens is 413 g/mol. The van der Waals surface area contributed by atoms with E-state index in [9.17, 15) is 14.0 Å². The molecule has 4 rings (SSSR count). The maximum absolute atomic E-state index is 13.5. The van der Waals surface area contributed by atoms with Crippen LogP contribution in [0.3, 0.4) is 0 Å². The topological polar surface area (TPSA) is 80.8 Å². The van der Waals surface area contributed by atoms with Gasteiger partial charge in [-0.1, -0.05) is 18.2 Å². The van der Waals surface area contributed by atoms with Gasteiger partial charge in [-0.15, -0.1) is 0 Å². The van der Waals surface area contributed by atoms with E-state index in [4.69, 9.17) is 9.47 Å². The van der Waals surface area contributed by atoms with E-state index in [0.29, 0.717) is 28.4 Å². The lowest BCUT2D eigenvalue weighted by Gasteiger charge is -2.15. The van der Waals surface area contributed by atoms with Gasteiger partial charge in [-0.2, -0.15) is 0 Å². The first-order valence-electron chi connectivity index (χ1n) is 9.77. The van der Waals surface area contributed by atoms with E-state index in [1.54, 1.807) is 42.6 Å². The Labute approximate surface area is 184 Å². The molecule has 0 aliphatic carbocycles. The van der Waals surface area contributed by atoms with E-state index in [1.165, 1.54) is 38.5 Å². The summed E-state index contributed by atoms with van der Waals surface area (Å²) in [7, 11) is 3.03. The van der Waals surface area contributed by atoms with Crippen LogP contribution in [-0.4, -0.2) is 35.9 Å². The minimum atomic E-state index is -0.505. The Bertz CT molecular complexity index is 1190. The largest absolute Gasteiger partial charge is 0.493 e. The Morgan fingerprint density at radius 2 is 1.69 bits per heavy atom. The van der Waals surface area contributed by atoms with Gasteiger partial charge >= 0.3 is 0 Å². The molecule has 0 unspecified atom stereocenters. The molecule has 3 aromatic rings. The summed E-state index contributed by atoms with van der Waals surface area (Å²) in [6.07, 6.45) is 1.59. The van der Waals surface area contributed by atoms with Crippen LogP contribution in [0, 0.1) is 5.82 Å². The summed E-state index contributed by atoms with van der Waals surface area (Å²) in [6.45, 7) is 0.0142. The van der Waals surface area contributed by atoms with Crippen molar-refractivity contribution in [2.24, 2.45) is 0 Å². The van der Waals surface area contributed by atoms with E-state index in [0.717, 1.165) is 4.90 Å². The molecule has 0 radical (unpaired) electrons. The average molecular weight is 433 g/mol. The predicted molar refractivity (Wildman–Crippen MR) is 116 cm³/mol. The summed E-state index contributed by atoms with van der Waals surface area (Å²) >= 11 is 0. The number of aromatic nitrogens is 1. The highest BCUT2D eigenvalue weighted by molar-refractivity contribution is 6.36. The fraction of sp³-hybridized carbons (Fsp3) is 0.125. The monoisotopic (exact) mass is 433 g/mol. The van der Waals surface area contributed by atoms with Crippen LogP contribution in [0.25, 0.3) is 5.57 Å². The van der Waals surface area contributed by atoms with Crippen molar-refractivity contribution in [1.82, 2.24) is 9.88 Å². The highest BCUT2D eigenvalue weighted by Crippen LogP contribution is 2.34. The highest BCUT2D eigenvalue weighted by atomic mass is 19.1. The van der Waals surface area contributed by atoms with Crippen molar-refractivity contribution >= 4 is 23.1 Å². The average Bonchev–Trinajstić information content (AvgIpc) is 3.04. The van der Waals surface area contributed by atoms with Crippen molar-refractivity contribution in [3.05, 3.63) is 89.6 Å². The van der Waals surface area contributed by atoms with E-state index >= 15 is 0 Å². The SMILES string of the molecule is COc1ccc(NC2=C(c3ccc(F)cc3)C(=O)N(Cc3ccccn3)C2=O)cc1OC. The van der Waals surface area contributed by atoms with Gasteiger partial charge in [0.1, 0.15) is 11.5 Å². The third kappa shape index (κ3) is 4.02. The molecule has 1 aromatic heterocycles. The molecule has 2 amide bonds. The Morgan fingerprint density at radius 1 is 0.938 bits per heavy atom. The number of anilines is 1. The number of hydrogen-bond donors (Lipinski definition) is 1. The number of halogens is 1. The molecule has 0 fully saturated rings. The van der Waals surface area contributed by atoms with Crippen molar-refractivity contribution in [3.8, 4) is 11.5 Å². The minimum Gasteiger partial charge on any atom is -0.493 e. The third-order valence-corrected chi connectivity index (χ3v) is 5.00. The van der Waals surface area contributed by atoms with Crippen LogP contribution in [0.15, 0.2) is 72.6 Å². The molecule has 32 heavy (non-hydrogen) atoms. The Hall–Kier alpha value is -4.20. The molecule has 2 heterocycles. The fourth-order valence-corrected chi connectivity index (χ4v) is 3.43. The summed E-state index contributed by atoms with van der Waals surface area (Å²) in [6, 6.07) is 15.7. The van der Waals surface area contributed by atoms with Gasteiger partial charge in [0.25, 0.3) is 11.8 Å². The molecule has 8 heteroatoms. The quantitative estimate of drug-likeness (QED) is 0.573. The summed E-state index contributed by atoms with van der Waals surface area (Å²) in [5.74, 6) is -0.448. The van der Waals surface area contributed by atoms with Gasteiger partial charge < -0.3 is 14.8 Å². The lowest BCUT2D eigenvalue weighted by molar-refractivity contribution is -0.137. The van der Waals surface area contributed by atoms with Gasteiger partial charge in [-0.3, -0.25) is 19.5 Å². The molecule has 0 bridgehead atoms. The third-order valence-electron chi connectivity index (χ3n) is 5.00. The van der Waals surface area contributed by atoms with Crippen molar-refractivity contribution < 1.29 is 23.5 Å². The highest BCUT2D eigenvalue weighted by Gasteiger charge is 2.39. The standard InChI is InChI=1S/C24H20FN3O4/c1-31-19-11-10-17(13-20(19)32-2)27-22-21(15-6-8-16(25)9-7-15)23(29)28(24(22)30)14-18-5-3-4-12-26-18/h3-13,27H,14H2,1-2H3. The number of carbonyl (C=O) groups is 2. The van der Waals surface area contributed by atoms with Crippen LogP contribution >= 0.6 is 0 Å². The van der Waals surface area contributed by atoms with E-state index in [2.05, 4.69) is 10.3 Å². The van der Waals surface area contributed by atoms with Gasteiger partial charge in [0, 0.05) is 18.0 Å². The van der Waals surface area contributed by atoms with Gasteiger partial charge in [-0.05, 0) is 42.0 Å². The predicted octanol–water partition coefficient (Wildman–Crippen LogP) is 3.63. The van der Waals surface area contributed by atoms with Gasteiger partial charge in [-0.25, -0.2) is 4.39 Å². The fourth-order valence-electron chi connectivity index (χ4n) is 3.43. The molecule has 0 atom stereocenters. The van der Waals surface area contributed by atoms with Crippen LogP contribution in [0.5, 0.6) is 11.5 Å². The zero-order valence-corrected chi connectivity index (χ0v) is 17.5. The number of imide groups is 1. The van der Waals surface area contributed by atoms with Gasteiger partial charge in [0.15, 0.2) is 11.5 Å². The zero-order chi connectivity index (χ0) is 22.7. The summed E-state index contributed by atoms with van der Waals surface area (Å²) in [5.41, 5.74) is 1.76. The van der Waals surface area contributed by atoms with Crippen molar-refractivity contribution in [2.45, 2.75) is 6.54 Å². The molecule has 1 aliphatic heterocycles. The number of rotatable bonds is 7. The number of nitrogens with one attached hydrogen (secondary N) is 1. The maximum atomic E-state index is 13.5. The molecule has 0 spiro atoms. The smallest absolute Gasteiger partial charge is 0.278 e. The number of nitrogens with zero attached hydrogens (tertiary/aromatic N) is 2. The van der Waals surface area contributed by atoms with Crippen LogP contribution in [0.2, 0.25) is 0 Å². The van der Waals surface area contributed by atoms with Crippen LogP contribution in [0.1, 0.15) is 11.3 Å². The van der Waals surface area contributed by atoms with Crippen LogP contribution in [0.4, 0.5) is 10.1 Å². The summed E-state index contributed by atoms with van der Waals surface area (Å²) in [4.78, 5) is 31.9. The number of hydrogen-bond acceptors (Lipinski definition) is 6. The maximum Gasteiger partial charge on any atom is 0.278 e. The van der Waals surface area contributed by atoms with Crippen molar-refractivity contribution in [3.63, 3.8) is 0 Å². The molecule has 1 aliphatic rings. The Balaban J connectivity index is 1.74. The van der Waals surface area contributed by atoms with E-state index < -0.39 is 17.6 Å². The summed E-state index contributed by atoms with van der Waals surface area (Å²) in [5, 5.41) is 3.04. The number of ether oxygens (including phenoxy) is 2. The number of benzene rings is 2. The molecular formula is C24H20FN3O4. The second kappa shape index (κ2) is 8.89. The molecule has 0 saturated heterocycles. The lowest BCUT2D eigenvalue weighted by Crippen LogP contribution is -2.32. The van der Waals surface area contributed by atoms with Gasteiger partial charge in [0.2, 0.25) is 0 Å². The first kappa shape index (κ1) is 21.0. The Morgan fingerprint density at radius 3 is 2.34 bits per heavy atom. The molecule has 7 nitrogen and oxygen atoms in total. The number of carbonyl (C=O) groups excluding carboxylic acids is 2.